The zero-order chi connectivity index (χ0) is 21.9. The molecule has 0 unspecified atom stereocenters. The van der Waals surface area contributed by atoms with Gasteiger partial charge in [0.1, 0.15) is 17.1 Å². The Hall–Kier alpha value is -2.19. The molecule has 2 aliphatic carbocycles. The molecule has 0 spiro atoms. The van der Waals surface area contributed by atoms with Crippen molar-refractivity contribution in [2.24, 2.45) is 23.7 Å². The number of hydrogen-bond acceptors (Lipinski definition) is 5. The number of rotatable bonds is 4. The van der Waals surface area contributed by atoms with Gasteiger partial charge in [-0.3, -0.25) is 9.59 Å². The largest absolute Gasteiger partial charge is 0.496 e. The number of benzene rings is 2. The van der Waals surface area contributed by atoms with Gasteiger partial charge in [-0.05, 0) is 42.5 Å². The van der Waals surface area contributed by atoms with E-state index in [4.69, 9.17) is 9.47 Å². The van der Waals surface area contributed by atoms with Crippen LogP contribution in [0.5, 0.6) is 11.5 Å². The summed E-state index contributed by atoms with van der Waals surface area (Å²) in [5.74, 6) is -0.547. The average molecular weight is 549 g/mol. The lowest BCUT2D eigenvalue weighted by Gasteiger charge is -2.28. The van der Waals surface area contributed by atoms with Gasteiger partial charge in [0.05, 0.1) is 24.6 Å². The summed E-state index contributed by atoms with van der Waals surface area (Å²) in [4.78, 5) is 40.7. The van der Waals surface area contributed by atoms with E-state index in [-0.39, 0.29) is 50.9 Å². The molecule has 1 heterocycles. The van der Waals surface area contributed by atoms with Gasteiger partial charge >= 0.3 is 5.97 Å². The maximum atomic E-state index is 13.2. The minimum absolute atomic E-state index is 0.146. The van der Waals surface area contributed by atoms with Gasteiger partial charge in [0.2, 0.25) is 11.8 Å². The minimum Gasteiger partial charge on any atom is -0.496 e. The molecule has 3 fully saturated rings. The van der Waals surface area contributed by atoms with Crippen molar-refractivity contribution in [1.29, 1.82) is 0 Å². The van der Waals surface area contributed by atoms with Crippen LogP contribution < -0.4 is 14.4 Å². The van der Waals surface area contributed by atoms with Crippen LogP contribution in [0, 0.1) is 23.7 Å². The molecule has 1 saturated heterocycles. The van der Waals surface area contributed by atoms with Gasteiger partial charge in [-0.1, -0.05) is 50.1 Å². The van der Waals surface area contributed by atoms with Crippen LogP contribution in [0.2, 0.25) is 0 Å². The molecule has 0 radical (unpaired) electrons. The van der Waals surface area contributed by atoms with Crippen molar-refractivity contribution in [3.8, 4) is 11.5 Å². The van der Waals surface area contributed by atoms with Crippen LogP contribution >= 0.6 is 31.9 Å². The number of fused-ring (bicyclic) bond motifs is 5. The maximum absolute atomic E-state index is 13.2. The van der Waals surface area contributed by atoms with Crippen LogP contribution in [-0.4, -0.2) is 34.5 Å². The lowest BCUT2D eigenvalue weighted by molar-refractivity contribution is -0.123. The Morgan fingerprint density at radius 3 is 2.26 bits per heavy atom. The molecular formula is C23H19Br2NO5. The lowest BCUT2D eigenvalue weighted by Crippen LogP contribution is -2.37. The third-order valence-corrected chi connectivity index (χ3v) is 9.81. The second-order valence-corrected chi connectivity index (χ2v) is 10.2. The summed E-state index contributed by atoms with van der Waals surface area (Å²) >= 11 is 7.39. The Balaban J connectivity index is 1.40. The summed E-state index contributed by atoms with van der Waals surface area (Å²) < 4.78 is 10.7. The molecule has 5 rings (SSSR count). The minimum atomic E-state index is -0.576. The van der Waals surface area contributed by atoms with Gasteiger partial charge < -0.3 is 9.47 Å². The van der Waals surface area contributed by atoms with E-state index in [9.17, 15) is 14.4 Å². The highest BCUT2D eigenvalue weighted by molar-refractivity contribution is 9.12. The number of amides is 2. The molecule has 0 aromatic heterocycles. The van der Waals surface area contributed by atoms with Crippen LogP contribution in [-0.2, 0) is 9.59 Å². The number of methoxy groups -OCH3 is 1. The first-order valence-corrected chi connectivity index (χ1v) is 11.9. The summed E-state index contributed by atoms with van der Waals surface area (Å²) in [5, 5.41) is 0. The number of anilines is 1. The zero-order valence-corrected chi connectivity index (χ0v) is 19.7. The van der Waals surface area contributed by atoms with Crippen LogP contribution in [0.15, 0.2) is 48.5 Å². The molecule has 0 N–H and O–H groups in total. The van der Waals surface area contributed by atoms with E-state index in [0.29, 0.717) is 17.0 Å². The normalized spacial score (nSPS) is 31.1. The van der Waals surface area contributed by atoms with Crippen molar-refractivity contribution in [1.82, 2.24) is 0 Å². The van der Waals surface area contributed by atoms with Crippen molar-refractivity contribution in [3.05, 3.63) is 54.1 Å². The van der Waals surface area contributed by atoms with Gasteiger partial charge in [-0.25, -0.2) is 9.69 Å². The molecule has 3 aliphatic rings. The SMILES string of the molecule is COc1ccccc1C(=O)Oc1cccc(N2C(=O)[C@@H]3[C@@H]4C[C@H]([C@H](Br)[C@@H]4Br)[C@@H]3C2=O)c1. The van der Waals surface area contributed by atoms with Crippen molar-refractivity contribution >= 4 is 55.3 Å². The number of carbonyl (C=O) groups is 3. The summed E-state index contributed by atoms with van der Waals surface area (Å²) in [5.41, 5.74) is 0.716. The lowest BCUT2D eigenvalue weighted by atomic mass is 9.81. The number of nitrogens with zero attached hydrogens (tertiary/aromatic N) is 1. The van der Waals surface area contributed by atoms with E-state index in [1.165, 1.54) is 12.0 Å². The number of hydrogen-bond donors (Lipinski definition) is 0. The molecule has 2 saturated carbocycles. The summed E-state index contributed by atoms with van der Waals surface area (Å²) in [7, 11) is 1.48. The van der Waals surface area contributed by atoms with Gasteiger partial charge in [0.25, 0.3) is 0 Å². The highest BCUT2D eigenvalue weighted by atomic mass is 79.9. The fourth-order valence-electron chi connectivity index (χ4n) is 5.26. The van der Waals surface area contributed by atoms with E-state index < -0.39 is 5.97 Å². The van der Waals surface area contributed by atoms with Crippen LogP contribution in [0.4, 0.5) is 5.69 Å². The predicted octanol–water partition coefficient (Wildman–Crippen LogP) is 4.20. The van der Waals surface area contributed by atoms with Crippen molar-refractivity contribution in [3.63, 3.8) is 0 Å². The molecule has 2 aromatic carbocycles. The standard InChI is InChI=1S/C23H19Br2NO5/c1-30-16-8-3-2-7-13(16)23(29)31-12-6-4-5-11(9-12)26-21(27)17-14-10-15(18(17)22(26)28)20(25)19(14)24/h2-9,14-15,17-20H,10H2,1H3/t14-,15-,17-,18+,19-,20+/m0/s1. The third-order valence-electron chi connectivity index (χ3n) is 6.60. The smallest absolute Gasteiger partial charge is 0.347 e. The first kappa shape index (κ1) is 20.7. The Kier molecular flexibility index (Phi) is 5.17. The maximum Gasteiger partial charge on any atom is 0.347 e. The topological polar surface area (TPSA) is 72.9 Å². The number of imide groups is 1. The highest BCUT2D eigenvalue weighted by Gasteiger charge is 2.66. The number of halogens is 2. The second-order valence-electron chi connectivity index (χ2n) is 8.10. The molecule has 8 heteroatoms. The molecular weight excluding hydrogens is 530 g/mol. The molecule has 2 aromatic rings. The van der Waals surface area contributed by atoms with Gasteiger partial charge in [-0.15, -0.1) is 0 Å². The van der Waals surface area contributed by atoms with Crippen LogP contribution in [0.1, 0.15) is 16.8 Å². The summed E-state index contributed by atoms with van der Waals surface area (Å²) in [6.45, 7) is 0. The molecule has 2 amide bonds. The number of ether oxygens (including phenoxy) is 2. The first-order chi connectivity index (χ1) is 14.9. The average Bonchev–Trinajstić information content (AvgIpc) is 3.38. The van der Waals surface area contributed by atoms with Crippen LogP contribution in [0.25, 0.3) is 0 Å². The number of para-hydroxylation sites is 1. The van der Waals surface area contributed by atoms with Crippen molar-refractivity contribution in [2.45, 2.75) is 16.1 Å². The van der Waals surface area contributed by atoms with E-state index in [1.54, 1.807) is 48.5 Å². The molecule has 2 bridgehead atoms. The Morgan fingerprint density at radius 2 is 1.61 bits per heavy atom. The van der Waals surface area contributed by atoms with E-state index in [2.05, 4.69) is 31.9 Å². The highest BCUT2D eigenvalue weighted by Crippen LogP contribution is 2.60. The van der Waals surface area contributed by atoms with Gasteiger partial charge in [0, 0.05) is 15.7 Å². The molecule has 1 aliphatic heterocycles. The fraction of sp³-hybridized carbons (Fsp3) is 0.348. The van der Waals surface area contributed by atoms with E-state index in [0.717, 1.165) is 6.42 Å². The quantitative estimate of drug-likeness (QED) is 0.248. The molecule has 6 atom stereocenters. The van der Waals surface area contributed by atoms with Gasteiger partial charge in [-0.2, -0.15) is 0 Å². The first-order valence-electron chi connectivity index (χ1n) is 10.0. The summed E-state index contributed by atoms with van der Waals surface area (Å²) in [6, 6.07) is 13.3. The zero-order valence-electron chi connectivity index (χ0n) is 16.5. The second kappa shape index (κ2) is 7.74. The van der Waals surface area contributed by atoms with Crippen molar-refractivity contribution < 1.29 is 23.9 Å². The Morgan fingerprint density at radius 1 is 0.968 bits per heavy atom. The Labute approximate surface area is 196 Å². The van der Waals surface area contributed by atoms with E-state index >= 15 is 0 Å². The van der Waals surface area contributed by atoms with Gasteiger partial charge in [0.15, 0.2) is 0 Å². The molecule has 160 valence electrons. The number of alkyl halides is 2. The third kappa shape index (κ3) is 3.14. The molecule has 31 heavy (non-hydrogen) atoms. The fourth-order valence-corrected chi connectivity index (χ4v) is 7.14. The number of esters is 1. The van der Waals surface area contributed by atoms with E-state index in [1.807, 2.05) is 0 Å². The van der Waals surface area contributed by atoms with Crippen LogP contribution in [0.3, 0.4) is 0 Å². The monoisotopic (exact) mass is 547 g/mol. The summed E-state index contributed by atoms with van der Waals surface area (Å²) in [6.07, 6.45) is 0.878. The van der Waals surface area contributed by atoms with Crippen molar-refractivity contribution in [2.75, 3.05) is 12.0 Å². The predicted molar refractivity (Wildman–Crippen MR) is 121 cm³/mol. The molecule has 6 nitrogen and oxygen atoms in total. The Bertz CT molecular complexity index is 1060. The number of carbonyl (C=O) groups excluding carboxylic acids is 3.